The first kappa shape index (κ1) is 22.3. The van der Waals surface area contributed by atoms with Crippen LogP contribution in [0.15, 0.2) is 116 Å². The van der Waals surface area contributed by atoms with E-state index in [1.165, 1.54) is 5.39 Å². The van der Waals surface area contributed by atoms with Gasteiger partial charge in [-0.25, -0.2) is 0 Å². The molecule has 0 saturated carbocycles. The van der Waals surface area contributed by atoms with E-state index in [9.17, 15) is 0 Å². The van der Waals surface area contributed by atoms with Crippen LogP contribution in [0.3, 0.4) is 0 Å². The Balaban J connectivity index is 0.00000240. The minimum absolute atomic E-state index is 0. The maximum atomic E-state index is 4.95. The predicted molar refractivity (Wildman–Crippen MR) is 141 cm³/mol. The molecule has 36 heavy (non-hydrogen) atoms. The van der Waals surface area contributed by atoms with Crippen molar-refractivity contribution in [3.8, 4) is 33.5 Å². The molecule has 0 fully saturated rings. The fourth-order valence-electron chi connectivity index (χ4n) is 5.06. The molecule has 0 atom stereocenters. The number of rotatable bonds is 3. The van der Waals surface area contributed by atoms with Gasteiger partial charge >= 0.3 is 0 Å². The van der Waals surface area contributed by atoms with Crippen molar-refractivity contribution in [3.05, 3.63) is 122 Å². The van der Waals surface area contributed by atoms with Crippen LogP contribution in [0.4, 0.5) is 0 Å². The molecule has 0 aliphatic heterocycles. The summed E-state index contributed by atoms with van der Waals surface area (Å²) in [6.07, 6.45) is 9.34. The molecular formula is C31H19IrN4-. The van der Waals surface area contributed by atoms with Gasteiger partial charge in [-0.2, -0.15) is 0 Å². The number of aromatic nitrogens is 4. The van der Waals surface area contributed by atoms with Crippen LogP contribution < -0.4 is 0 Å². The summed E-state index contributed by atoms with van der Waals surface area (Å²) < 4.78 is 2.28. The molecule has 0 saturated heterocycles. The van der Waals surface area contributed by atoms with E-state index < -0.39 is 0 Å². The summed E-state index contributed by atoms with van der Waals surface area (Å²) in [4.78, 5) is 13.4. The van der Waals surface area contributed by atoms with Crippen molar-refractivity contribution < 1.29 is 20.1 Å². The standard InChI is InChI=1S/C31H19N4.Ir/c1-2-8-27-25(6-1)26-7-3-4-11-28(26)35-29(20-34-31(27)35)30-23(21-12-16-32-17-13-21)9-5-10-24(30)22-14-18-33-19-15-22;/h1-7,9-20H;/q-1;. The molecule has 3 aromatic carbocycles. The Bertz CT molecular complexity index is 1790. The van der Waals surface area contributed by atoms with Gasteiger partial charge in [0.25, 0.3) is 0 Å². The molecule has 0 aliphatic carbocycles. The number of pyridine rings is 3. The van der Waals surface area contributed by atoms with Gasteiger partial charge in [-0.1, -0.05) is 41.8 Å². The molecule has 0 N–H and O–H groups in total. The number of hydrogen-bond donors (Lipinski definition) is 0. The van der Waals surface area contributed by atoms with E-state index >= 15 is 0 Å². The van der Waals surface area contributed by atoms with Gasteiger partial charge < -0.3 is 4.40 Å². The van der Waals surface area contributed by atoms with Crippen molar-refractivity contribution >= 4 is 27.3 Å². The zero-order valence-corrected chi connectivity index (χ0v) is 21.5. The molecule has 0 unspecified atom stereocenters. The molecule has 0 bridgehead atoms. The number of para-hydroxylation sites is 1. The molecule has 173 valence electrons. The first-order valence-electron chi connectivity index (χ1n) is 11.5. The normalized spacial score (nSPS) is 11.1. The number of fused-ring (bicyclic) bond motifs is 6. The molecule has 7 aromatic rings. The van der Waals surface area contributed by atoms with Crippen molar-refractivity contribution in [2.45, 2.75) is 0 Å². The topological polar surface area (TPSA) is 43.1 Å². The third-order valence-electron chi connectivity index (χ3n) is 6.58. The summed E-state index contributed by atoms with van der Waals surface area (Å²) in [5, 5.41) is 3.35. The zero-order valence-electron chi connectivity index (χ0n) is 19.1. The van der Waals surface area contributed by atoms with E-state index in [0.717, 1.165) is 55.4 Å². The van der Waals surface area contributed by atoms with E-state index in [-0.39, 0.29) is 20.1 Å². The molecule has 4 heterocycles. The van der Waals surface area contributed by atoms with Crippen LogP contribution in [0.25, 0.3) is 60.8 Å². The Morgan fingerprint density at radius 2 is 1.28 bits per heavy atom. The first-order valence-corrected chi connectivity index (χ1v) is 11.5. The summed E-state index contributed by atoms with van der Waals surface area (Å²) in [5.41, 5.74) is 8.66. The SMILES string of the molecule is [Ir].[c-]1cccc2c1c1ncc(-c3c(-c4ccncc4)cccc3-c3ccncc3)n1c1ccccc21. The Kier molecular flexibility index (Phi) is 5.65. The van der Waals surface area contributed by atoms with Crippen molar-refractivity contribution in [2.24, 2.45) is 0 Å². The van der Waals surface area contributed by atoms with Gasteiger partial charge in [0.05, 0.1) is 11.3 Å². The van der Waals surface area contributed by atoms with Crippen molar-refractivity contribution in [2.75, 3.05) is 0 Å². The van der Waals surface area contributed by atoms with E-state index in [1.807, 2.05) is 43.1 Å². The van der Waals surface area contributed by atoms with E-state index in [0.29, 0.717) is 0 Å². The average Bonchev–Trinajstić information content (AvgIpc) is 3.39. The molecule has 5 heteroatoms. The smallest absolute Gasteiger partial charge is 0.0646 e. The Labute approximate surface area is 221 Å². The summed E-state index contributed by atoms with van der Waals surface area (Å²) in [6, 6.07) is 32.8. The van der Waals surface area contributed by atoms with Crippen LogP contribution in [0, 0.1) is 6.07 Å². The predicted octanol–water partition coefficient (Wildman–Crippen LogP) is 7.23. The minimum atomic E-state index is 0. The summed E-state index contributed by atoms with van der Waals surface area (Å²) in [7, 11) is 0. The van der Waals surface area contributed by atoms with Crippen molar-refractivity contribution in [3.63, 3.8) is 0 Å². The second-order valence-corrected chi connectivity index (χ2v) is 8.48. The second kappa shape index (κ2) is 9.12. The number of hydrogen-bond acceptors (Lipinski definition) is 3. The molecule has 1 radical (unpaired) electrons. The zero-order chi connectivity index (χ0) is 23.2. The van der Waals surface area contributed by atoms with Crippen molar-refractivity contribution in [1.82, 2.24) is 19.4 Å². The van der Waals surface area contributed by atoms with Crippen LogP contribution in [0.5, 0.6) is 0 Å². The molecule has 4 aromatic heterocycles. The fourth-order valence-corrected chi connectivity index (χ4v) is 5.06. The quantitative estimate of drug-likeness (QED) is 0.151. The number of benzene rings is 3. The fraction of sp³-hybridized carbons (Fsp3) is 0. The molecule has 0 aliphatic rings. The van der Waals surface area contributed by atoms with Crippen molar-refractivity contribution in [1.29, 1.82) is 0 Å². The summed E-state index contributed by atoms with van der Waals surface area (Å²) in [5.74, 6) is 0. The minimum Gasteiger partial charge on any atom is -0.333 e. The third kappa shape index (κ3) is 3.44. The van der Waals surface area contributed by atoms with Gasteiger partial charge in [0, 0.05) is 62.2 Å². The van der Waals surface area contributed by atoms with Gasteiger partial charge in [0.2, 0.25) is 0 Å². The Morgan fingerprint density at radius 3 is 1.97 bits per heavy atom. The second-order valence-electron chi connectivity index (χ2n) is 8.48. The molecule has 4 nitrogen and oxygen atoms in total. The number of imidazole rings is 1. The Hall–Kier alpha value is -4.18. The number of nitrogens with zero attached hydrogens (tertiary/aromatic N) is 4. The average molecular weight is 640 g/mol. The van der Waals surface area contributed by atoms with Gasteiger partial charge in [0.1, 0.15) is 0 Å². The maximum Gasteiger partial charge on any atom is 0.0646 e. The molecular weight excluding hydrogens is 621 g/mol. The monoisotopic (exact) mass is 640 g/mol. The van der Waals surface area contributed by atoms with Crippen LogP contribution in [0.1, 0.15) is 0 Å². The summed E-state index contributed by atoms with van der Waals surface area (Å²) in [6.45, 7) is 0. The largest absolute Gasteiger partial charge is 0.333 e. The van der Waals surface area contributed by atoms with Gasteiger partial charge in [-0.3, -0.25) is 15.0 Å². The first-order chi connectivity index (χ1) is 17.4. The van der Waals surface area contributed by atoms with Gasteiger partial charge in [-0.05, 0) is 58.0 Å². The van der Waals surface area contributed by atoms with Gasteiger partial charge in [-0.15, -0.1) is 29.7 Å². The van der Waals surface area contributed by atoms with Crippen LogP contribution in [0.2, 0.25) is 0 Å². The Morgan fingerprint density at radius 1 is 0.639 bits per heavy atom. The van der Waals surface area contributed by atoms with Crippen LogP contribution in [-0.2, 0) is 20.1 Å². The molecule has 7 rings (SSSR count). The van der Waals surface area contributed by atoms with E-state index in [4.69, 9.17) is 4.98 Å². The van der Waals surface area contributed by atoms with E-state index in [1.54, 1.807) is 0 Å². The van der Waals surface area contributed by atoms with E-state index in [2.05, 4.69) is 93.2 Å². The third-order valence-corrected chi connectivity index (χ3v) is 6.58. The summed E-state index contributed by atoms with van der Waals surface area (Å²) >= 11 is 0. The van der Waals surface area contributed by atoms with Gasteiger partial charge in [0.15, 0.2) is 0 Å². The van der Waals surface area contributed by atoms with Crippen LogP contribution in [-0.4, -0.2) is 19.4 Å². The van der Waals surface area contributed by atoms with Crippen LogP contribution >= 0.6 is 0 Å². The maximum absolute atomic E-state index is 4.95. The molecule has 0 amide bonds. The molecule has 0 spiro atoms.